The van der Waals surface area contributed by atoms with Gasteiger partial charge in [-0.2, -0.15) is 0 Å². The van der Waals surface area contributed by atoms with Crippen molar-refractivity contribution in [3.63, 3.8) is 0 Å². The van der Waals surface area contributed by atoms with Crippen molar-refractivity contribution in [3.8, 4) is 0 Å². The van der Waals surface area contributed by atoms with E-state index < -0.39 is 0 Å². The summed E-state index contributed by atoms with van der Waals surface area (Å²) < 4.78 is 0. The fourth-order valence-electron chi connectivity index (χ4n) is 5.90. The molecule has 4 aliphatic carbocycles. The predicted octanol–water partition coefficient (Wildman–Crippen LogP) is 1.08. The lowest BCUT2D eigenvalue weighted by Crippen LogP contribution is -2.61. The van der Waals surface area contributed by atoms with Crippen LogP contribution in [0.2, 0.25) is 0 Å². The molecule has 5 fully saturated rings. The molecule has 5 rings (SSSR count). The van der Waals surface area contributed by atoms with E-state index in [2.05, 4.69) is 16.0 Å². The van der Waals surface area contributed by atoms with Gasteiger partial charge in [0.15, 0.2) is 0 Å². The highest BCUT2D eigenvalue weighted by Gasteiger charge is 2.51. The predicted molar refractivity (Wildman–Crippen MR) is 91.5 cm³/mol. The number of amides is 3. The summed E-state index contributed by atoms with van der Waals surface area (Å²) in [5.41, 5.74) is 0.0430. The molecule has 1 heterocycles. The highest BCUT2D eigenvalue weighted by atomic mass is 16.2. The molecule has 0 aromatic carbocycles. The minimum absolute atomic E-state index is 0.0430. The fraction of sp³-hybridized carbons (Fsp3) is 0.889. The maximum absolute atomic E-state index is 12.3. The van der Waals surface area contributed by atoms with Gasteiger partial charge in [0.25, 0.3) is 0 Å². The van der Waals surface area contributed by atoms with E-state index in [-0.39, 0.29) is 17.5 Å². The van der Waals surface area contributed by atoms with Gasteiger partial charge in [0, 0.05) is 44.7 Å². The molecule has 4 saturated carbocycles. The topological polar surface area (TPSA) is 73.5 Å². The zero-order chi connectivity index (χ0) is 16.6. The number of nitrogens with one attached hydrogen (secondary N) is 3. The average Bonchev–Trinajstić information content (AvgIpc) is 2.53. The Hall–Kier alpha value is -1.30. The molecule has 3 N–H and O–H groups in total. The molecular weight excluding hydrogens is 304 g/mol. The minimum atomic E-state index is -0.0786. The Bertz CT molecular complexity index is 466. The summed E-state index contributed by atoms with van der Waals surface area (Å²) in [6.07, 6.45) is 8.00. The van der Waals surface area contributed by atoms with Crippen molar-refractivity contribution in [2.75, 3.05) is 32.7 Å². The SMILES string of the molecule is O=C(NCCC(=O)N1CCNCC1)NC12CC3CC(CC(C3)C1)C2. The monoisotopic (exact) mass is 334 g/mol. The van der Waals surface area contributed by atoms with Crippen molar-refractivity contribution < 1.29 is 9.59 Å². The third kappa shape index (κ3) is 3.39. The van der Waals surface area contributed by atoms with Crippen LogP contribution in [0.4, 0.5) is 4.79 Å². The number of hydrogen-bond donors (Lipinski definition) is 3. The summed E-state index contributed by atoms with van der Waals surface area (Å²) in [7, 11) is 0. The molecule has 0 radical (unpaired) electrons. The lowest BCUT2D eigenvalue weighted by molar-refractivity contribution is -0.131. The second-order valence-corrected chi connectivity index (χ2v) is 8.46. The summed E-state index contributed by atoms with van der Waals surface area (Å²) in [5.74, 6) is 2.62. The number of rotatable bonds is 4. The molecule has 0 aromatic rings. The van der Waals surface area contributed by atoms with Gasteiger partial charge in [-0.25, -0.2) is 4.79 Å². The highest BCUT2D eigenvalue weighted by molar-refractivity contribution is 5.78. The first-order chi connectivity index (χ1) is 11.6. The molecule has 134 valence electrons. The highest BCUT2D eigenvalue weighted by Crippen LogP contribution is 2.55. The van der Waals surface area contributed by atoms with Crippen molar-refractivity contribution in [3.05, 3.63) is 0 Å². The normalized spacial score (nSPS) is 37.3. The number of carbonyl (C=O) groups excluding carboxylic acids is 2. The first kappa shape index (κ1) is 16.2. The van der Waals surface area contributed by atoms with Gasteiger partial charge < -0.3 is 20.9 Å². The summed E-state index contributed by atoms with van der Waals surface area (Å²) in [6, 6.07) is -0.0786. The molecule has 0 spiro atoms. The Balaban J connectivity index is 1.22. The van der Waals surface area contributed by atoms with Crippen LogP contribution in [-0.2, 0) is 4.79 Å². The largest absolute Gasteiger partial charge is 0.340 e. The Morgan fingerprint density at radius 1 is 1.00 bits per heavy atom. The smallest absolute Gasteiger partial charge is 0.315 e. The van der Waals surface area contributed by atoms with Crippen LogP contribution in [0.25, 0.3) is 0 Å². The van der Waals surface area contributed by atoms with Crippen LogP contribution < -0.4 is 16.0 Å². The Morgan fingerprint density at radius 2 is 1.58 bits per heavy atom. The molecule has 1 saturated heterocycles. The summed E-state index contributed by atoms with van der Waals surface area (Å²) in [5, 5.41) is 9.45. The molecule has 6 nitrogen and oxygen atoms in total. The van der Waals surface area contributed by atoms with Crippen LogP contribution in [-0.4, -0.2) is 55.1 Å². The van der Waals surface area contributed by atoms with Crippen LogP contribution >= 0.6 is 0 Å². The zero-order valence-electron chi connectivity index (χ0n) is 14.5. The van der Waals surface area contributed by atoms with Crippen molar-refractivity contribution in [2.24, 2.45) is 17.8 Å². The van der Waals surface area contributed by atoms with Gasteiger partial charge in [-0.1, -0.05) is 0 Å². The summed E-state index contributed by atoms with van der Waals surface area (Å²) in [6.45, 7) is 3.72. The van der Waals surface area contributed by atoms with Crippen molar-refractivity contribution in [2.45, 2.75) is 50.5 Å². The van der Waals surface area contributed by atoms with Crippen molar-refractivity contribution in [1.82, 2.24) is 20.9 Å². The molecule has 0 unspecified atom stereocenters. The van der Waals surface area contributed by atoms with Gasteiger partial charge in [-0.05, 0) is 56.3 Å². The lowest BCUT2D eigenvalue weighted by Gasteiger charge is -2.56. The van der Waals surface area contributed by atoms with Gasteiger partial charge in [0.2, 0.25) is 5.91 Å². The first-order valence-electron chi connectivity index (χ1n) is 9.66. The third-order valence-corrected chi connectivity index (χ3v) is 6.51. The fourth-order valence-corrected chi connectivity index (χ4v) is 5.90. The quantitative estimate of drug-likeness (QED) is 0.720. The van der Waals surface area contributed by atoms with E-state index in [0.717, 1.165) is 63.2 Å². The van der Waals surface area contributed by atoms with Crippen LogP contribution in [0.1, 0.15) is 44.9 Å². The van der Waals surface area contributed by atoms with Crippen LogP contribution in [0, 0.1) is 17.8 Å². The maximum Gasteiger partial charge on any atom is 0.315 e. The average molecular weight is 334 g/mol. The second-order valence-electron chi connectivity index (χ2n) is 8.46. The van der Waals surface area contributed by atoms with Gasteiger partial charge in [0.1, 0.15) is 0 Å². The Morgan fingerprint density at radius 3 is 2.17 bits per heavy atom. The van der Waals surface area contributed by atoms with Crippen LogP contribution in [0.3, 0.4) is 0 Å². The third-order valence-electron chi connectivity index (χ3n) is 6.51. The number of piperazine rings is 1. The Labute approximate surface area is 144 Å². The lowest BCUT2D eigenvalue weighted by atomic mass is 9.53. The van der Waals surface area contributed by atoms with E-state index in [0.29, 0.717) is 13.0 Å². The van der Waals surface area contributed by atoms with E-state index in [1.807, 2.05) is 4.90 Å². The van der Waals surface area contributed by atoms with E-state index in [4.69, 9.17) is 0 Å². The van der Waals surface area contributed by atoms with Crippen LogP contribution in [0.5, 0.6) is 0 Å². The standard InChI is InChI=1S/C18H30N4O2/c23-16(22-5-3-19-4-6-22)1-2-20-17(24)21-18-10-13-7-14(11-18)9-15(8-13)12-18/h13-15,19H,1-12H2,(H2,20,21,24). The zero-order valence-corrected chi connectivity index (χ0v) is 14.5. The van der Waals surface area contributed by atoms with E-state index in [1.165, 1.54) is 19.3 Å². The molecule has 24 heavy (non-hydrogen) atoms. The van der Waals surface area contributed by atoms with E-state index in [1.54, 1.807) is 0 Å². The van der Waals surface area contributed by atoms with Crippen molar-refractivity contribution >= 4 is 11.9 Å². The number of urea groups is 1. The molecule has 3 amide bonds. The van der Waals surface area contributed by atoms with Gasteiger partial charge in [-0.15, -0.1) is 0 Å². The van der Waals surface area contributed by atoms with Gasteiger partial charge in [0.05, 0.1) is 0 Å². The molecule has 4 bridgehead atoms. The summed E-state index contributed by atoms with van der Waals surface area (Å²) >= 11 is 0. The van der Waals surface area contributed by atoms with Crippen LogP contribution in [0.15, 0.2) is 0 Å². The number of hydrogen-bond acceptors (Lipinski definition) is 3. The molecule has 0 aromatic heterocycles. The molecule has 0 atom stereocenters. The second kappa shape index (κ2) is 6.54. The van der Waals surface area contributed by atoms with E-state index >= 15 is 0 Å². The number of carbonyl (C=O) groups is 2. The Kier molecular flexibility index (Phi) is 4.41. The minimum Gasteiger partial charge on any atom is -0.340 e. The first-order valence-corrected chi connectivity index (χ1v) is 9.66. The molecule has 5 aliphatic rings. The molecule has 6 heteroatoms. The number of nitrogens with zero attached hydrogens (tertiary/aromatic N) is 1. The van der Waals surface area contributed by atoms with E-state index in [9.17, 15) is 9.59 Å². The van der Waals surface area contributed by atoms with Gasteiger partial charge >= 0.3 is 6.03 Å². The maximum atomic E-state index is 12.3. The van der Waals surface area contributed by atoms with Crippen molar-refractivity contribution in [1.29, 1.82) is 0 Å². The summed E-state index contributed by atoms with van der Waals surface area (Å²) in [4.78, 5) is 26.3. The molecular formula is C18H30N4O2. The molecule has 1 aliphatic heterocycles. The van der Waals surface area contributed by atoms with Gasteiger partial charge in [-0.3, -0.25) is 4.79 Å².